The first-order valence-electron chi connectivity index (χ1n) is 6.78. The van der Waals surface area contributed by atoms with Gasteiger partial charge < -0.3 is 30.1 Å². The first kappa shape index (κ1) is 13.8. The second-order valence-corrected chi connectivity index (χ2v) is 5.29. The Balaban J connectivity index is 1.87. The van der Waals surface area contributed by atoms with Crippen molar-refractivity contribution in [2.24, 2.45) is 0 Å². The fourth-order valence-corrected chi connectivity index (χ4v) is 2.97. The average molecular weight is 281 g/mol. The Morgan fingerprint density at radius 1 is 1.10 bits per heavy atom. The van der Waals surface area contributed by atoms with Gasteiger partial charge >= 0.3 is 0 Å². The molecule has 1 aromatic rings. The van der Waals surface area contributed by atoms with Gasteiger partial charge in [0.25, 0.3) is 0 Å². The van der Waals surface area contributed by atoms with Crippen LogP contribution in [0.3, 0.4) is 0 Å². The first-order valence-corrected chi connectivity index (χ1v) is 6.78. The number of ether oxygens (including phenoxy) is 1. The fraction of sp³-hybridized carbons (Fsp3) is 0.571. The van der Waals surface area contributed by atoms with Crippen LogP contribution in [0.4, 0.5) is 5.69 Å². The number of benzene rings is 1. The highest BCUT2D eigenvalue weighted by Gasteiger charge is 2.46. The molecular weight excluding hydrogens is 262 g/mol. The summed E-state index contributed by atoms with van der Waals surface area (Å²) < 4.78 is 5.59. The molecule has 0 radical (unpaired) electrons. The number of aliphatic hydroxyl groups is 4. The van der Waals surface area contributed by atoms with Crippen LogP contribution in [0.5, 0.6) is 0 Å². The highest BCUT2D eigenvalue weighted by Crippen LogP contribution is 2.33. The Labute approximate surface area is 116 Å². The zero-order valence-corrected chi connectivity index (χ0v) is 11.0. The van der Waals surface area contributed by atoms with Gasteiger partial charge in [-0.15, -0.1) is 0 Å². The number of hydrogen-bond acceptors (Lipinski definition) is 6. The van der Waals surface area contributed by atoms with Crippen molar-refractivity contribution < 1.29 is 25.2 Å². The van der Waals surface area contributed by atoms with Gasteiger partial charge in [-0.2, -0.15) is 0 Å². The summed E-state index contributed by atoms with van der Waals surface area (Å²) in [5.41, 5.74) is 2.11. The molecule has 1 aromatic carbocycles. The number of para-hydroxylation sites is 1. The molecule has 0 unspecified atom stereocenters. The standard InChI is InChI=1S/C14H19NO5/c16-7-10-11(17)12(18)13(19)14(20-10)15-6-5-8-3-1-2-4-9(8)15/h1-4,10-14,16-19H,5-7H2/t10-,11-,12+,13+,14-/m1/s1. The molecule has 0 bridgehead atoms. The summed E-state index contributed by atoms with van der Waals surface area (Å²) in [6.07, 6.45) is -4.67. The lowest BCUT2D eigenvalue weighted by molar-refractivity contribution is -0.228. The predicted molar refractivity (Wildman–Crippen MR) is 71.3 cm³/mol. The summed E-state index contributed by atoms with van der Waals surface area (Å²) in [6.45, 7) is 0.263. The molecule has 0 amide bonds. The van der Waals surface area contributed by atoms with E-state index in [1.807, 2.05) is 29.2 Å². The summed E-state index contributed by atoms with van der Waals surface area (Å²) in [5, 5.41) is 39.0. The normalized spacial score (nSPS) is 37.0. The third kappa shape index (κ3) is 2.10. The topological polar surface area (TPSA) is 93.4 Å². The fourth-order valence-electron chi connectivity index (χ4n) is 2.97. The minimum atomic E-state index is -1.33. The van der Waals surface area contributed by atoms with E-state index in [0.717, 1.165) is 17.7 Å². The van der Waals surface area contributed by atoms with Crippen molar-refractivity contribution in [3.63, 3.8) is 0 Å². The minimum absolute atomic E-state index is 0.406. The third-order valence-electron chi connectivity index (χ3n) is 4.10. The van der Waals surface area contributed by atoms with Crippen LogP contribution >= 0.6 is 0 Å². The van der Waals surface area contributed by atoms with Crippen molar-refractivity contribution in [2.75, 3.05) is 18.1 Å². The summed E-state index contributed by atoms with van der Waals surface area (Å²) >= 11 is 0. The van der Waals surface area contributed by atoms with E-state index in [1.54, 1.807) is 0 Å². The molecule has 3 rings (SSSR count). The second kappa shape index (κ2) is 5.31. The van der Waals surface area contributed by atoms with E-state index in [1.165, 1.54) is 0 Å². The Kier molecular flexibility index (Phi) is 3.66. The third-order valence-corrected chi connectivity index (χ3v) is 4.10. The molecule has 2 aliphatic rings. The maximum atomic E-state index is 10.1. The Hall–Kier alpha value is -1.18. The zero-order valence-electron chi connectivity index (χ0n) is 11.0. The van der Waals surface area contributed by atoms with Gasteiger partial charge in [-0.05, 0) is 18.1 Å². The number of rotatable bonds is 2. The molecule has 6 heteroatoms. The minimum Gasteiger partial charge on any atom is -0.394 e. The summed E-state index contributed by atoms with van der Waals surface area (Å²) in [4.78, 5) is 1.87. The van der Waals surface area contributed by atoms with Crippen molar-refractivity contribution in [2.45, 2.75) is 37.1 Å². The van der Waals surface area contributed by atoms with Gasteiger partial charge in [0.1, 0.15) is 24.4 Å². The van der Waals surface area contributed by atoms with Crippen LogP contribution in [0.25, 0.3) is 0 Å². The Morgan fingerprint density at radius 3 is 2.60 bits per heavy atom. The van der Waals surface area contributed by atoms with E-state index in [4.69, 9.17) is 4.74 Å². The molecule has 20 heavy (non-hydrogen) atoms. The van der Waals surface area contributed by atoms with Crippen LogP contribution < -0.4 is 4.90 Å². The molecule has 1 fully saturated rings. The monoisotopic (exact) mass is 281 g/mol. The van der Waals surface area contributed by atoms with Crippen LogP contribution in [0.2, 0.25) is 0 Å². The summed E-state index contributed by atoms with van der Waals surface area (Å²) in [5.74, 6) is 0. The average Bonchev–Trinajstić information content (AvgIpc) is 2.89. The van der Waals surface area contributed by atoms with Crippen LogP contribution in [0, 0.1) is 0 Å². The SMILES string of the molecule is OC[C@H]1O[C@@H](N2CCc3ccccc32)[C@@H](O)[C@@H](O)[C@@H]1O. The number of fused-ring (bicyclic) bond motifs is 1. The largest absolute Gasteiger partial charge is 0.394 e. The van der Waals surface area contributed by atoms with Gasteiger partial charge in [-0.3, -0.25) is 0 Å². The quantitative estimate of drug-likeness (QED) is 0.547. The van der Waals surface area contributed by atoms with E-state index in [0.29, 0.717) is 6.54 Å². The second-order valence-electron chi connectivity index (χ2n) is 5.29. The van der Waals surface area contributed by atoms with E-state index in [-0.39, 0.29) is 0 Å². The van der Waals surface area contributed by atoms with E-state index >= 15 is 0 Å². The smallest absolute Gasteiger partial charge is 0.159 e. The predicted octanol–water partition coefficient (Wildman–Crippen LogP) is -1.15. The van der Waals surface area contributed by atoms with Gasteiger partial charge in [-0.1, -0.05) is 18.2 Å². The molecule has 2 aliphatic heterocycles. The van der Waals surface area contributed by atoms with Gasteiger partial charge in [0.05, 0.1) is 6.61 Å². The molecule has 0 saturated carbocycles. The molecular formula is C14H19NO5. The highest BCUT2D eigenvalue weighted by atomic mass is 16.6. The molecule has 0 aromatic heterocycles. The maximum absolute atomic E-state index is 10.1. The van der Waals surface area contributed by atoms with Crippen LogP contribution in [0.15, 0.2) is 24.3 Å². The molecule has 1 saturated heterocycles. The van der Waals surface area contributed by atoms with Crippen molar-refractivity contribution in [1.29, 1.82) is 0 Å². The number of nitrogens with zero attached hydrogens (tertiary/aromatic N) is 1. The van der Waals surface area contributed by atoms with E-state index in [2.05, 4.69) is 0 Å². The molecule has 110 valence electrons. The van der Waals surface area contributed by atoms with Crippen molar-refractivity contribution in [1.82, 2.24) is 0 Å². The van der Waals surface area contributed by atoms with E-state index < -0.39 is 37.3 Å². The molecule has 2 heterocycles. The molecule has 5 atom stereocenters. The lowest BCUT2D eigenvalue weighted by atomic mass is 9.97. The number of anilines is 1. The maximum Gasteiger partial charge on any atom is 0.159 e. The van der Waals surface area contributed by atoms with Gasteiger partial charge in [0, 0.05) is 12.2 Å². The summed E-state index contributed by atoms with van der Waals surface area (Å²) in [6, 6.07) is 7.81. The molecule has 4 N–H and O–H groups in total. The summed E-state index contributed by atoms with van der Waals surface area (Å²) in [7, 11) is 0. The van der Waals surface area contributed by atoms with Crippen molar-refractivity contribution in [3.8, 4) is 0 Å². The van der Waals surface area contributed by atoms with Gasteiger partial charge in [-0.25, -0.2) is 0 Å². The highest BCUT2D eigenvalue weighted by molar-refractivity contribution is 5.58. The van der Waals surface area contributed by atoms with Crippen LogP contribution in [-0.2, 0) is 11.2 Å². The van der Waals surface area contributed by atoms with Crippen LogP contribution in [-0.4, -0.2) is 64.2 Å². The molecule has 0 spiro atoms. The van der Waals surface area contributed by atoms with Gasteiger partial charge in [0.15, 0.2) is 6.23 Å². The Morgan fingerprint density at radius 2 is 1.85 bits per heavy atom. The number of hydrogen-bond donors (Lipinski definition) is 4. The molecule has 0 aliphatic carbocycles. The van der Waals surface area contributed by atoms with Gasteiger partial charge in [0.2, 0.25) is 0 Å². The van der Waals surface area contributed by atoms with Crippen molar-refractivity contribution >= 4 is 5.69 Å². The van der Waals surface area contributed by atoms with E-state index in [9.17, 15) is 20.4 Å². The lowest BCUT2D eigenvalue weighted by Crippen LogP contribution is -2.63. The molecule has 6 nitrogen and oxygen atoms in total. The zero-order chi connectivity index (χ0) is 14.3. The lowest BCUT2D eigenvalue weighted by Gasteiger charge is -2.44. The van der Waals surface area contributed by atoms with Crippen molar-refractivity contribution in [3.05, 3.63) is 29.8 Å². The van der Waals surface area contributed by atoms with Crippen LogP contribution in [0.1, 0.15) is 5.56 Å². The first-order chi connectivity index (χ1) is 9.63. The Bertz CT molecular complexity index is 480. The number of aliphatic hydroxyl groups excluding tert-OH is 4.